The maximum atomic E-state index is 12.6. The molecule has 4 saturated carbocycles. The van der Waals surface area contributed by atoms with Crippen LogP contribution in [0.3, 0.4) is 0 Å². The molecule has 4 aliphatic rings. The predicted octanol–water partition coefficient (Wildman–Crippen LogP) is 12.3. The number of amides is 1. The SMILES string of the molecule is CCCCCCCCCCCCCCCCCC(=O)NOC(=O)CC[C@@H](C)[C@H]1CC[C@H]2[C@@H]3CC[C@@H]4CCCC[C@]4(C)[C@H]3CC[C@]12C. The average molecular weight is 642 g/mol. The minimum Gasteiger partial charge on any atom is -0.341 e. The van der Waals surface area contributed by atoms with Crippen molar-refractivity contribution in [2.45, 2.75) is 207 Å². The van der Waals surface area contributed by atoms with Crippen LogP contribution >= 0.6 is 0 Å². The summed E-state index contributed by atoms with van der Waals surface area (Å²) in [5.74, 6) is 4.55. The van der Waals surface area contributed by atoms with Gasteiger partial charge in [0, 0.05) is 12.8 Å². The molecule has 1 amide bonds. The summed E-state index contributed by atoms with van der Waals surface area (Å²) in [6, 6.07) is 0. The van der Waals surface area contributed by atoms with E-state index in [-0.39, 0.29) is 11.9 Å². The zero-order valence-corrected chi connectivity index (χ0v) is 31.0. The van der Waals surface area contributed by atoms with Crippen molar-refractivity contribution in [3.63, 3.8) is 0 Å². The molecule has 4 heteroatoms. The van der Waals surface area contributed by atoms with Crippen LogP contribution in [0.2, 0.25) is 0 Å². The number of hydrogen-bond acceptors (Lipinski definition) is 3. The Morgan fingerprint density at radius 2 is 1.28 bits per heavy atom. The van der Waals surface area contributed by atoms with Gasteiger partial charge in [-0.05, 0) is 111 Å². The van der Waals surface area contributed by atoms with Crippen LogP contribution in [0.25, 0.3) is 0 Å². The maximum Gasteiger partial charge on any atom is 0.332 e. The lowest BCUT2D eigenvalue weighted by Crippen LogP contribution is -2.53. The van der Waals surface area contributed by atoms with Crippen molar-refractivity contribution >= 4 is 11.9 Å². The van der Waals surface area contributed by atoms with Crippen LogP contribution in [0, 0.1) is 46.3 Å². The zero-order valence-electron chi connectivity index (χ0n) is 31.0. The predicted molar refractivity (Wildman–Crippen MR) is 192 cm³/mol. The molecule has 4 aliphatic carbocycles. The molecule has 0 aromatic carbocycles. The Bertz CT molecular complexity index is 903. The Morgan fingerprint density at radius 1 is 0.674 bits per heavy atom. The summed E-state index contributed by atoms with van der Waals surface area (Å²) in [6.07, 6.45) is 35.8. The molecule has 0 spiro atoms. The van der Waals surface area contributed by atoms with Crippen LogP contribution in [-0.2, 0) is 14.4 Å². The Balaban J connectivity index is 1.02. The van der Waals surface area contributed by atoms with E-state index >= 15 is 0 Å². The first-order chi connectivity index (χ1) is 22.3. The Kier molecular flexibility index (Phi) is 15.8. The second-order valence-electron chi connectivity index (χ2n) is 17.3. The lowest BCUT2D eigenvalue weighted by molar-refractivity contribution is -0.158. The molecule has 266 valence electrons. The van der Waals surface area contributed by atoms with Crippen molar-refractivity contribution in [3.8, 4) is 0 Å². The molecule has 4 nitrogen and oxygen atoms in total. The number of carbonyl (C=O) groups is 2. The van der Waals surface area contributed by atoms with Gasteiger partial charge in [-0.1, -0.05) is 130 Å². The third-order valence-electron chi connectivity index (χ3n) is 14.4. The second kappa shape index (κ2) is 19.2. The molecule has 0 aromatic heterocycles. The molecule has 0 bridgehead atoms. The molecule has 1 N–H and O–H groups in total. The Morgan fingerprint density at radius 3 is 1.93 bits per heavy atom. The monoisotopic (exact) mass is 642 g/mol. The summed E-state index contributed by atoms with van der Waals surface area (Å²) in [5, 5.41) is 0. The van der Waals surface area contributed by atoms with E-state index in [9.17, 15) is 9.59 Å². The van der Waals surface area contributed by atoms with Gasteiger partial charge in [-0.15, -0.1) is 0 Å². The van der Waals surface area contributed by atoms with Gasteiger partial charge in [-0.2, -0.15) is 5.48 Å². The molecule has 0 heterocycles. The topological polar surface area (TPSA) is 55.4 Å². The first kappa shape index (κ1) is 37.8. The molecule has 4 fully saturated rings. The summed E-state index contributed by atoms with van der Waals surface area (Å²) >= 11 is 0. The molecule has 0 aromatic rings. The van der Waals surface area contributed by atoms with Crippen molar-refractivity contribution in [3.05, 3.63) is 0 Å². The van der Waals surface area contributed by atoms with Crippen molar-refractivity contribution in [1.29, 1.82) is 0 Å². The van der Waals surface area contributed by atoms with Gasteiger partial charge in [0.15, 0.2) is 0 Å². The third kappa shape index (κ3) is 10.2. The lowest BCUT2D eigenvalue weighted by atomic mass is 9.44. The Labute approximate surface area is 285 Å². The van der Waals surface area contributed by atoms with Gasteiger partial charge in [0.25, 0.3) is 5.91 Å². The van der Waals surface area contributed by atoms with Crippen molar-refractivity contribution in [2.75, 3.05) is 0 Å². The van der Waals surface area contributed by atoms with E-state index in [0.717, 1.165) is 42.9 Å². The Hall–Kier alpha value is -1.06. The van der Waals surface area contributed by atoms with Gasteiger partial charge in [0.1, 0.15) is 0 Å². The van der Waals surface area contributed by atoms with Crippen molar-refractivity contribution in [2.24, 2.45) is 46.3 Å². The average Bonchev–Trinajstić information content (AvgIpc) is 3.41. The van der Waals surface area contributed by atoms with E-state index in [4.69, 9.17) is 4.84 Å². The van der Waals surface area contributed by atoms with Crippen LogP contribution in [0.1, 0.15) is 207 Å². The number of rotatable bonds is 20. The van der Waals surface area contributed by atoms with Gasteiger partial charge in [0.2, 0.25) is 0 Å². The van der Waals surface area contributed by atoms with Crippen molar-refractivity contribution < 1.29 is 14.4 Å². The lowest BCUT2D eigenvalue weighted by Gasteiger charge is -2.61. The molecule has 0 aliphatic heterocycles. The molecular formula is C42H75NO3. The quantitative estimate of drug-likeness (QED) is 0.106. The summed E-state index contributed by atoms with van der Waals surface area (Å²) in [5.41, 5.74) is 3.48. The van der Waals surface area contributed by atoms with Crippen LogP contribution in [0.5, 0.6) is 0 Å². The summed E-state index contributed by atoms with van der Waals surface area (Å²) in [4.78, 5) is 30.0. The molecule has 46 heavy (non-hydrogen) atoms. The number of carbonyl (C=O) groups excluding carboxylic acids is 2. The van der Waals surface area contributed by atoms with E-state index in [1.165, 1.54) is 148 Å². The van der Waals surface area contributed by atoms with E-state index in [2.05, 4.69) is 33.2 Å². The fraction of sp³-hybridized carbons (Fsp3) is 0.952. The molecule has 0 unspecified atom stereocenters. The number of nitrogens with one attached hydrogen (secondary N) is 1. The molecule has 0 radical (unpaired) electrons. The van der Waals surface area contributed by atoms with E-state index in [1.54, 1.807) is 0 Å². The highest BCUT2D eigenvalue weighted by Gasteiger charge is 2.60. The third-order valence-corrected chi connectivity index (χ3v) is 14.4. The summed E-state index contributed by atoms with van der Waals surface area (Å²) in [7, 11) is 0. The van der Waals surface area contributed by atoms with Gasteiger partial charge < -0.3 is 4.84 Å². The minimum absolute atomic E-state index is 0.152. The van der Waals surface area contributed by atoms with Crippen LogP contribution in [0.4, 0.5) is 0 Å². The maximum absolute atomic E-state index is 12.6. The van der Waals surface area contributed by atoms with Gasteiger partial charge in [-0.3, -0.25) is 4.79 Å². The van der Waals surface area contributed by atoms with Crippen LogP contribution in [-0.4, -0.2) is 11.9 Å². The molecular weight excluding hydrogens is 566 g/mol. The minimum atomic E-state index is -0.274. The largest absolute Gasteiger partial charge is 0.341 e. The summed E-state index contributed by atoms with van der Waals surface area (Å²) in [6.45, 7) is 9.96. The number of hydroxylamine groups is 1. The van der Waals surface area contributed by atoms with E-state index < -0.39 is 0 Å². The number of hydrogen-bond donors (Lipinski definition) is 1. The fourth-order valence-corrected chi connectivity index (χ4v) is 11.7. The number of fused-ring (bicyclic) bond motifs is 5. The first-order valence-corrected chi connectivity index (χ1v) is 20.8. The zero-order chi connectivity index (χ0) is 32.8. The highest BCUT2D eigenvalue weighted by molar-refractivity contribution is 5.77. The second-order valence-corrected chi connectivity index (χ2v) is 17.3. The van der Waals surface area contributed by atoms with Gasteiger partial charge in [-0.25, -0.2) is 4.79 Å². The molecule has 4 rings (SSSR count). The summed E-state index contributed by atoms with van der Waals surface area (Å²) < 4.78 is 0. The van der Waals surface area contributed by atoms with Crippen LogP contribution < -0.4 is 5.48 Å². The standard InChI is InChI=1S/C42H75NO3/c1-5-6-7-8-9-10-11-12-13-14-15-16-17-18-19-23-39(44)43-46-40(45)29-24-33(2)36-27-28-37-35-26-25-34-22-20-21-31-41(34,3)38(35)30-32-42(36,37)4/h33-38H,5-32H2,1-4H3,(H,43,44)/t33-,34+,35+,36-,37+,38+,41+,42-/m1/s1. The van der Waals surface area contributed by atoms with Gasteiger partial charge in [0.05, 0.1) is 0 Å². The first-order valence-electron chi connectivity index (χ1n) is 20.8. The van der Waals surface area contributed by atoms with E-state index in [1.807, 2.05) is 0 Å². The molecule has 8 atom stereocenters. The highest BCUT2D eigenvalue weighted by Crippen LogP contribution is 2.68. The molecule has 0 saturated heterocycles. The van der Waals surface area contributed by atoms with Crippen molar-refractivity contribution in [1.82, 2.24) is 5.48 Å². The van der Waals surface area contributed by atoms with E-state index in [0.29, 0.717) is 35.5 Å². The fourth-order valence-electron chi connectivity index (χ4n) is 11.7. The van der Waals surface area contributed by atoms with Crippen LogP contribution in [0.15, 0.2) is 0 Å². The highest BCUT2D eigenvalue weighted by atomic mass is 16.7. The normalized spacial score (nSPS) is 32.7. The smallest absolute Gasteiger partial charge is 0.332 e. The number of unbranched alkanes of at least 4 members (excludes halogenated alkanes) is 14. The van der Waals surface area contributed by atoms with Gasteiger partial charge >= 0.3 is 5.97 Å².